The fraction of sp³-hybridized carbons (Fsp3) is 0.100. The molecule has 134 valence electrons. The molecule has 1 heterocycles. The van der Waals surface area contributed by atoms with Crippen LogP contribution in [0.2, 0.25) is 5.02 Å². The van der Waals surface area contributed by atoms with Crippen molar-refractivity contribution in [2.75, 3.05) is 0 Å². The molecular weight excluding hydrogens is 364 g/mol. The van der Waals surface area contributed by atoms with E-state index in [4.69, 9.17) is 11.6 Å². The Kier molecular flexibility index (Phi) is 5.34. The number of aromatic nitrogens is 1. The number of nitriles is 1. The minimum Gasteiger partial charge on any atom is -0.493 e. The summed E-state index contributed by atoms with van der Waals surface area (Å²) in [6, 6.07) is 17.7. The monoisotopic (exact) mass is 378 g/mol. The summed E-state index contributed by atoms with van der Waals surface area (Å²) in [5.41, 5.74) is 1.08. The largest absolute Gasteiger partial charge is 0.493 e. The van der Waals surface area contributed by atoms with Crippen molar-refractivity contribution in [3.63, 3.8) is 0 Å². The summed E-state index contributed by atoms with van der Waals surface area (Å²) >= 11 is 5.84. The highest BCUT2D eigenvalue weighted by molar-refractivity contribution is 6.30. The Hall–Kier alpha value is -3.43. The number of halogens is 1. The highest BCUT2D eigenvalue weighted by Gasteiger charge is 2.19. The van der Waals surface area contributed by atoms with Gasteiger partial charge in [-0.25, -0.2) is 0 Å². The van der Waals surface area contributed by atoms with Crippen LogP contribution in [0.1, 0.15) is 16.7 Å². The Morgan fingerprint density at radius 1 is 1.11 bits per heavy atom. The van der Waals surface area contributed by atoms with Crippen LogP contribution in [0.25, 0.3) is 0 Å². The molecular formula is C20H15ClN4O2. The van der Waals surface area contributed by atoms with E-state index in [2.05, 4.69) is 10.2 Å². The first-order chi connectivity index (χ1) is 13.0. The number of azo groups is 1. The van der Waals surface area contributed by atoms with E-state index in [-0.39, 0.29) is 29.2 Å². The van der Waals surface area contributed by atoms with Crippen molar-refractivity contribution >= 4 is 23.0 Å². The highest BCUT2D eigenvalue weighted by atomic mass is 35.5. The molecule has 0 amide bonds. The lowest BCUT2D eigenvalue weighted by molar-refractivity contribution is 0.412. The van der Waals surface area contributed by atoms with Crippen molar-refractivity contribution in [1.82, 2.24) is 4.57 Å². The second kappa shape index (κ2) is 7.85. The van der Waals surface area contributed by atoms with Gasteiger partial charge in [0.25, 0.3) is 5.56 Å². The molecule has 1 N–H and O–H groups in total. The normalized spacial score (nSPS) is 10.9. The Morgan fingerprint density at radius 2 is 1.78 bits per heavy atom. The maximum Gasteiger partial charge on any atom is 0.281 e. The quantitative estimate of drug-likeness (QED) is 0.658. The zero-order valence-corrected chi connectivity index (χ0v) is 15.2. The van der Waals surface area contributed by atoms with Gasteiger partial charge in [0.2, 0.25) is 5.88 Å². The molecule has 3 rings (SSSR count). The zero-order chi connectivity index (χ0) is 19.4. The molecule has 2 aromatic carbocycles. The first-order valence-corrected chi connectivity index (χ1v) is 8.46. The van der Waals surface area contributed by atoms with Crippen LogP contribution in [-0.4, -0.2) is 9.67 Å². The Labute approximate surface area is 160 Å². The molecule has 6 nitrogen and oxygen atoms in total. The molecule has 27 heavy (non-hydrogen) atoms. The maximum absolute atomic E-state index is 12.9. The molecule has 0 aliphatic carbocycles. The van der Waals surface area contributed by atoms with Crippen molar-refractivity contribution in [3.8, 4) is 11.9 Å². The number of benzene rings is 2. The van der Waals surface area contributed by atoms with E-state index in [0.29, 0.717) is 10.7 Å². The Bertz CT molecular complexity index is 1100. The van der Waals surface area contributed by atoms with Crippen LogP contribution in [0.3, 0.4) is 0 Å². The first-order valence-electron chi connectivity index (χ1n) is 8.09. The molecule has 0 fully saturated rings. The second-order valence-electron chi connectivity index (χ2n) is 5.84. The molecule has 7 heteroatoms. The summed E-state index contributed by atoms with van der Waals surface area (Å²) in [4.78, 5) is 12.9. The van der Waals surface area contributed by atoms with Crippen molar-refractivity contribution < 1.29 is 5.11 Å². The molecule has 0 spiro atoms. The van der Waals surface area contributed by atoms with Crippen LogP contribution >= 0.6 is 11.6 Å². The summed E-state index contributed by atoms with van der Waals surface area (Å²) in [5.74, 6) is -0.380. The van der Waals surface area contributed by atoms with Gasteiger partial charge < -0.3 is 5.11 Å². The van der Waals surface area contributed by atoms with Gasteiger partial charge in [-0.05, 0) is 36.8 Å². The van der Waals surface area contributed by atoms with Crippen LogP contribution in [0, 0.1) is 18.3 Å². The molecule has 1 aromatic heterocycles. The van der Waals surface area contributed by atoms with Crippen LogP contribution in [0.4, 0.5) is 11.4 Å². The Morgan fingerprint density at radius 3 is 2.41 bits per heavy atom. The number of hydrogen-bond acceptors (Lipinski definition) is 5. The number of rotatable bonds is 4. The van der Waals surface area contributed by atoms with Crippen molar-refractivity contribution in [2.45, 2.75) is 13.5 Å². The van der Waals surface area contributed by atoms with Crippen LogP contribution in [-0.2, 0) is 6.54 Å². The molecule has 0 atom stereocenters. The van der Waals surface area contributed by atoms with Crippen LogP contribution in [0.15, 0.2) is 69.6 Å². The molecule has 0 unspecified atom stereocenters. The lowest BCUT2D eigenvalue weighted by Crippen LogP contribution is -2.22. The van der Waals surface area contributed by atoms with Crippen molar-refractivity contribution in [1.29, 1.82) is 5.26 Å². The lowest BCUT2D eigenvalue weighted by atomic mass is 10.1. The molecule has 0 radical (unpaired) electrons. The number of aromatic hydroxyl groups is 1. The average Bonchev–Trinajstić information content (AvgIpc) is 2.68. The third-order valence-corrected chi connectivity index (χ3v) is 4.30. The SMILES string of the molecule is Cc1c(C#N)c(O)n(Cc2ccccc2)c(=O)c1N=Nc1ccc(Cl)cc1. The average molecular weight is 379 g/mol. The van der Waals surface area contributed by atoms with E-state index in [1.807, 2.05) is 36.4 Å². The van der Waals surface area contributed by atoms with E-state index >= 15 is 0 Å². The third-order valence-electron chi connectivity index (χ3n) is 4.04. The molecule has 0 saturated carbocycles. The number of pyridine rings is 1. The van der Waals surface area contributed by atoms with Crippen molar-refractivity contribution in [2.24, 2.45) is 10.2 Å². The summed E-state index contributed by atoms with van der Waals surface area (Å²) in [5, 5.41) is 28.5. The van der Waals surface area contributed by atoms with Gasteiger partial charge in [-0.2, -0.15) is 10.4 Å². The van der Waals surface area contributed by atoms with Crippen LogP contribution in [0.5, 0.6) is 5.88 Å². The highest BCUT2D eigenvalue weighted by Crippen LogP contribution is 2.27. The fourth-order valence-corrected chi connectivity index (χ4v) is 2.71. The number of nitrogens with zero attached hydrogens (tertiary/aromatic N) is 4. The molecule has 3 aromatic rings. The predicted octanol–water partition coefficient (Wildman–Crippen LogP) is 4.85. The van der Waals surface area contributed by atoms with E-state index in [9.17, 15) is 15.2 Å². The summed E-state index contributed by atoms with van der Waals surface area (Å²) in [6.07, 6.45) is 0. The Balaban J connectivity index is 2.10. The molecule has 0 bridgehead atoms. The van der Waals surface area contributed by atoms with E-state index < -0.39 is 5.56 Å². The van der Waals surface area contributed by atoms with Gasteiger partial charge in [-0.3, -0.25) is 9.36 Å². The van der Waals surface area contributed by atoms with Crippen LogP contribution < -0.4 is 5.56 Å². The number of hydrogen-bond donors (Lipinski definition) is 1. The summed E-state index contributed by atoms with van der Waals surface area (Å²) in [6.45, 7) is 1.67. The van der Waals surface area contributed by atoms with Gasteiger partial charge >= 0.3 is 0 Å². The van der Waals surface area contributed by atoms with Gasteiger partial charge in [0.05, 0.1) is 12.2 Å². The van der Waals surface area contributed by atoms with E-state index in [0.717, 1.165) is 10.1 Å². The maximum atomic E-state index is 12.9. The topological polar surface area (TPSA) is 90.7 Å². The van der Waals surface area contributed by atoms with Gasteiger partial charge in [-0.1, -0.05) is 41.9 Å². The molecule has 0 aliphatic rings. The predicted molar refractivity (Wildman–Crippen MR) is 103 cm³/mol. The summed E-state index contributed by atoms with van der Waals surface area (Å²) < 4.78 is 1.12. The van der Waals surface area contributed by atoms with Gasteiger partial charge in [0.1, 0.15) is 11.6 Å². The standard InChI is InChI=1S/C20H15ClN4O2/c1-13-17(11-22)19(26)25(12-14-5-3-2-4-6-14)20(27)18(13)24-23-16-9-7-15(21)8-10-16/h2-10,26H,12H2,1H3. The van der Waals surface area contributed by atoms with Gasteiger partial charge in [-0.15, -0.1) is 5.11 Å². The summed E-state index contributed by atoms with van der Waals surface area (Å²) in [7, 11) is 0. The molecule has 0 aliphatic heterocycles. The fourth-order valence-electron chi connectivity index (χ4n) is 2.59. The van der Waals surface area contributed by atoms with Gasteiger partial charge in [0.15, 0.2) is 5.69 Å². The van der Waals surface area contributed by atoms with E-state index in [1.165, 1.54) is 0 Å². The van der Waals surface area contributed by atoms with Gasteiger partial charge in [0, 0.05) is 10.6 Å². The smallest absolute Gasteiger partial charge is 0.281 e. The van der Waals surface area contributed by atoms with E-state index in [1.54, 1.807) is 31.2 Å². The third kappa shape index (κ3) is 3.89. The lowest BCUT2D eigenvalue weighted by Gasteiger charge is -2.13. The molecule has 0 saturated heterocycles. The minimum absolute atomic E-state index is 0.00409. The second-order valence-corrected chi connectivity index (χ2v) is 6.27. The first kappa shape index (κ1) is 18.4. The van der Waals surface area contributed by atoms with Crippen molar-refractivity contribution in [3.05, 3.63) is 86.7 Å². The minimum atomic E-state index is -0.523. The zero-order valence-electron chi connectivity index (χ0n) is 14.4.